The fraction of sp³-hybridized carbons (Fsp3) is 0.250. The van der Waals surface area contributed by atoms with E-state index >= 15 is 0 Å². The summed E-state index contributed by atoms with van der Waals surface area (Å²) >= 11 is 0. The smallest absolute Gasteiger partial charge is 0.126 e. The second kappa shape index (κ2) is 5.49. The molecule has 100 valence electrons. The first-order valence-corrected chi connectivity index (χ1v) is 6.26. The fourth-order valence-electron chi connectivity index (χ4n) is 2.19. The van der Waals surface area contributed by atoms with Crippen LogP contribution in [0.3, 0.4) is 0 Å². The lowest BCUT2D eigenvalue weighted by Gasteiger charge is -2.17. The lowest BCUT2D eigenvalue weighted by Crippen LogP contribution is -2.13. The van der Waals surface area contributed by atoms with Gasteiger partial charge in [0.25, 0.3) is 0 Å². The molecular weight excluding hydrogens is 244 g/mol. The van der Waals surface area contributed by atoms with E-state index in [4.69, 9.17) is 0 Å². The first-order chi connectivity index (χ1) is 9.04. The Morgan fingerprint density at radius 2 is 1.79 bits per heavy atom. The highest BCUT2D eigenvalue weighted by molar-refractivity contribution is 5.71. The van der Waals surface area contributed by atoms with Crippen molar-refractivity contribution in [1.29, 1.82) is 0 Å². The van der Waals surface area contributed by atoms with Gasteiger partial charge in [-0.1, -0.05) is 18.2 Å². The minimum absolute atomic E-state index is 0.0678. The summed E-state index contributed by atoms with van der Waals surface area (Å²) in [5.74, 6) is -0.587. The predicted octanol–water partition coefficient (Wildman–Crippen LogP) is 4.22. The van der Waals surface area contributed by atoms with Gasteiger partial charge >= 0.3 is 0 Å². The molecule has 0 saturated heterocycles. The number of nitrogens with one attached hydrogen (secondary N) is 1. The predicted molar refractivity (Wildman–Crippen MR) is 74.0 cm³/mol. The SMILES string of the molecule is CNC(C)c1ccc(F)cc1-c1cccc(F)c1C. The highest BCUT2D eigenvalue weighted by Gasteiger charge is 2.14. The van der Waals surface area contributed by atoms with E-state index in [1.807, 2.05) is 20.0 Å². The number of halogens is 2. The molecule has 0 bridgehead atoms. The van der Waals surface area contributed by atoms with Crippen molar-refractivity contribution in [2.24, 2.45) is 0 Å². The second-order valence-corrected chi connectivity index (χ2v) is 4.65. The van der Waals surface area contributed by atoms with Gasteiger partial charge in [0.2, 0.25) is 0 Å². The van der Waals surface area contributed by atoms with E-state index < -0.39 is 0 Å². The van der Waals surface area contributed by atoms with Gasteiger partial charge in [-0.05, 0) is 61.3 Å². The maximum absolute atomic E-state index is 13.7. The van der Waals surface area contributed by atoms with Gasteiger partial charge in [-0.25, -0.2) is 8.78 Å². The second-order valence-electron chi connectivity index (χ2n) is 4.65. The van der Waals surface area contributed by atoms with Crippen LogP contribution in [0.15, 0.2) is 36.4 Å². The van der Waals surface area contributed by atoms with Crippen LogP contribution in [-0.4, -0.2) is 7.05 Å². The van der Waals surface area contributed by atoms with Gasteiger partial charge in [-0.15, -0.1) is 0 Å². The van der Waals surface area contributed by atoms with Crippen LogP contribution in [0.4, 0.5) is 8.78 Å². The quantitative estimate of drug-likeness (QED) is 0.872. The van der Waals surface area contributed by atoms with Crippen molar-refractivity contribution >= 4 is 0 Å². The van der Waals surface area contributed by atoms with Gasteiger partial charge in [0, 0.05) is 6.04 Å². The van der Waals surface area contributed by atoms with E-state index in [0.29, 0.717) is 5.56 Å². The fourth-order valence-corrected chi connectivity index (χ4v) is 2.19. The van der Waals surface area contributed by atoms with Gasteiger partial charge in [-0.2, -0.15) is 0 Å². The maximum atomic E-state index is 13.7. The lowest BCUT2D eigenvalue weighted by atomic mass is 9.92. The van der Waals surface area contributed by atoms with E-state index in [0.717, 1.165) is 16.7 Å². The van der Waals surface area contributed by atoms with Crippen molar-refractivity contribution in [2.45, 2.75) is 19.9 Å². The van der Waals surface area contributed by atoms with Crippen LogP contribution in [0.25, 0.3) is 11.1 Å². The summed E-state index contributed by atoms with van der Waals surface area (Å²) in [6.45, 7) is 3.70. The highest BCUT2D eigenvalue weighted by atomic mass is 19.1. The van der Waals surface area contributed by atoms with Crippen LogP contribution < -0.4 is 5.32 Å². The van der Waals surface area contributed by atoms with Gasteiger partial charge < -0.3 is 5.32 Å². The van der Waals surface area contributed by atoms with Crippen LogP contribution in [0.2, 0.25) is 0 Å². The molecule has 0 aromatic heterocycles. The van der Waals surface area contributed by atoms with Crippen LogP contribution in [0, 0.1) is 18.6 Å². The Balaban J connectivity index is 2.66. The average Bonchev–Trinajstić information content (AvgIpc) is 2.41. The Bertz CT molecular complexity index is 593. The van der Waals surface area contributed by atoms with Crippen molar-refractivity contribution in [2.75, 3.05) is 7.05 Å². The van der Waals surface area contributed by atoms with E-state index in [-0.39, 0.29) is 17.7 Å². The van der Waals surface area contributed by atoms with Crippen molar-refractivity contribution in [3.05, 3.63) is 59.2 Å². The molecule has 0 fully saturated rings. The molecule has 0 amide bonds. The number of benzene rings is 2. The third-order valence-corrected chi connectivity index (χ3v) is 3.47. The molecule has 0 spiro atoms. The van der Waals surface area contributed by atoms with E-state index in [9.17, 15) is 8.78 Å². The summed E-state index contributed by atoms with van der Waals surface area (Å²) in [5.41, 5.74) is 2.96. The largest absolute Gasteiger partial charge is 0.313 e. The topological polar surface area (TPSA) is 12.0 Å². The Kier molecular flexibility index (Phi) is 3.96. The summed E-state index contributed by atoms with van der Waals surface area (Å²) in [7, 11) is 1.84. The molecule has 1 atom stereocenters. The Hall–Kier alpha value is -1.74. The molecule has 0 aliphatic carbocycles. The Labute approximate surface area is 112 Å². The summed E-state index contributed by atoms with van der Waals surface area (Å²) in [5, 5.41) is 3.13. The van der Waals surface area contributed by atoms with Crippen LogP contribution >= 0.6 is 0 Å². The van der Waals surface area contributed by atoms with Gasteiger partial charge in [0.05, 0.1) is 0 Å². The van der Waals surface area contributed by atoms with Crippen molar-refractivity contribution < 1.29 is 8.78 Å². The molecule has 0 saturated carbocycles. The van der Waals surface area contributed by atoms with Gasteiger partial charge in [-0.3, -0.25) is 0 Å². The molecule has 3 heteroatoms. The summed E-state index contributed by atoms with van der Waals surface area (Å²) in [6, 6.07) is 9.59. The minimum Gasteiger partial charge on any atom is -0.313 e. The normalized spacial score (nSPS) is 12.5. The molecule has 0 aliphatic heterocycles. The summed E-state index contributed by atoms with van der Waals surface area (Å²) in [4.78, 5) is 0. The van der Waals surface area contributed by atoms with Crippen molar-refractivity contribution in [3.8, 4) is 11.1 Å². The summed E-state index contributed by atoms with van der Waals surface area (Å²) in [6.07, 6.45) is 0. The zero-order chi connectivity index (χ0) is 14.0. The molecule has 1 nitrogen and oxygen atoms in total. The van der Waals surface area contributed by atoms with E-state index in [1.54, 1.807) is 19.1 Å². The molecule has 2 aromatic carbocycles. The highest BCUT2D eigenvalue weighted by Crippen LogP contribution is 2.32. The number of hydrogen-bond donors (Lipinski definition) is 1. The molecule has 1 unspecified atom stereocenters. The zero-order valence-electron chi connectivity index (χ0n) is 11.3. The molecule has 0 heterocycles. The zero-order valence-corrected chi connectivity index (χ0v) is 11.3. The van der Waals surface area contributed by atoms with Crippen molar-refractivity contribution in [1.82, 2.24) is 5.32 Å². The molecule has 1 N–H and O–H groups in total. The number of rotatable bonds is 3. The third kappa shape index (κ3) is 2.66. The third-order valence-electron chi connectivity index (χ3n) is 3.47. The molecule has 0 aliphatic rings. The molecule has 0 radical (unpaired) electrons. The van der Waals surface area contributed by atoms with Crippen molar-refractivity contribution in [3.63, 3.8) is 0 Å². The molecule has 19 heavy (non-hydrogen) atoms. The lowest BCUT2D eigenvalue weighted by molar-refractivity contribution is 0.615. The first-order valence-electron chi connectivity index (χ1n) is 6.26. The first kappa shape index (κ1) is 13.7. The molecule has 2 rings (SSSR count). The maximum Gasteiger partial charge on any atom is 0.126 e. The monoisotopic (exact) mass is 261 g/mol. The summed E-state index contributed by atoms with van der Waals surface area (Å²) < 4.78 is 27.2. The minimum atomic E-state index is -0.314. The van der Waals surface area contributed by atoms with Gasteiger partial charge in [0.15, 0.2) is 0 Å². The Morgan fingerprint density at radius 3 is 2.47 bits per heavy atom. The van der Waals surface area contributed by atoms with Crippen LogP contribution in [0.5, 0.6) is 0 Å². The van der Waals surface area contributed by atoms with Crippen LogP contribution in [-0.2, 0) is 0 Å². The van der Waals surface area contributed by atoms with E-state index in [2.05, 4.69) is 5.32 Å². The van der Waals surface area contributed by atoms with E-state index in [1.165, 1.54) is 18.2 Å². The standard InChI is InChI=1S/C16H17F2N/c1-10-13(5-4-6-16(10)18)15-9-12(17)7-8-14(15)11(2)19-3/h4-9,11,19H,1-3H3. The Morgan fingerprint density at radius 1 is 1.05 bits per heavy atom. The number of hydrogen-bond acceptors (Lipinski definition) is 1. The molecule has 2 aromatic rings. The van der Waals surface area contributed by atoms with Crippen LogP contribution in [0.1, 0.15) is 24.1 Å². The van der Waals surface area contributed by atoms with Gasteiger partial charge in [0.1, 0.15) is 11.6 Å². The average molecular weight is 261 g/mol. The molecular formula is C16H17F2N.